The fraction of sp³-hybridized carbons (Fsp3) is 0.263. The average Bonchev–Trinajstić information content (AvgIpc) is 3.03. The summed E-state index contributed by atoms with van der Waals surface area (Å²) in [5.74, 6) is -1.57. The van der Waals surface area contributed by atoms with E-state index in [-0.39, 0.29) is 17.0 Å². The normalized spacial score (nSPS) is 11.9. The molecular weight excluding hydrogens is 402 g/mol. The number of nitrogens with zero attached hydrogens (tertiary/aromatic N) is 3. The maximum Gasteiger partial charge on any atom is 0.263 e. The van der Waals surface area contributed by atoms with Gasteiger partial charge < -0.3 is 14.8 Å². The number of thiophene rings is 1. The molecule has 0 spiro atoms. The Hall–Kier alpha value is -3.16. The first-order chi connectivity index (χ1) is 13.9. The Bertz CT molecular complexity index is 1130. The molecule has 1 amide bonds. The predicted molar refractivity (Wildman–Crippen MR) is 102 cm³/mol. The molecule has 0 saturated carbocycles. The van der Waals surface area contributed by atoms with Gasteiger partial charge in [-0.3, -0.25) is 4.79 Å². The number of nitriles is 1. The Morgan fingerprint density at radius 3 is 2.72 bits per heavy atom. The fourth-order valence-corrected chi connectivity index (χ4v) is 3.91. The third kappa shape index (κ3) is 4.01. The van der Waals surface area contributed by atoms with Gasteiger partial charge in [-0.15, -0.1) is 11.3 Å². The molecule has 0 aliphatic heterocycles. The lowest BCUT2D eigenvalue weighted by Gasteiger charge is -2.12. The van der Waals surface area contributed by atoms with Gasteiger partial charge in [-0.05, 0) is 18.6 Å². The molecule has 2 heterocycles. The van der Waals surface area contributed by atoms with Crippen molar-refractivity contribution in [3.05, 3.63) is 51.7 Å². The van der Waals surface area contributed by atoms with Crippen LogP contribution in [0, 0.1) is 29.9 Å². The summed E-state index contributed by atoms with van der Waals surface area (Å²) in [6, 6.07) is 3.35. The number of halogens is 2. The third-order valence-electron chi connectivity index (χ3n) is 4.15. The van der Waals surface area contributed by atoms with E-state index >= 15 is 0 Å². The summed E-state index contributed by atoms with van der Waals surface area (Å²) in [7, 11) is 2.97. The number of hydrogen-bond donors (Lipinski definition) is 1. The zero-order valence-electron chi connectivity index (χ0n) is 15.7. The van der Waals surface area contributed by atoms with Crippen LogP contribution in [0.3, 0.4) is 0 Å². The van der Waals surface area contributed by atoms with Crippen molar-refractivity contribution in [2.45, 2.75) is 19.6 Å². The van der Waals surface area contributed by atoms with Gasteiger partial charge in [-0.2, -0.15) is 10.2 Å². The Morgan fingerprint density at radius 1 is 1.34 bits per heavy atom. The van der Waals surface area contributed by atoms with E-state index in [0.29, 0.717) is 33.6 Å². The quantitative estimate of drug-likeness (QED) is 0.659. The van der Waals surface area contributed by atoms with E-state index in [9.17, 15) is 18.8 Å². The van der Waals surface area contributed by atoms with E-state index in [2.05, 4.69) is 15.3 Å². The maximum atomic E-state index is 14.0. The van der Waals surface area contributed by atoms with Gasteiger partial charge >= 0.3 is 0 Å². The fourth-order valence-electron chi connectivity index (χ4n) is 2.81. The largest absolute Gasteiger partial charge is 0.480 e. The number of hydrogen-bond acceptors (Lipinski definition) is 7. The molecule has 1 N–H and O–H groups in total. The summed E-state index contributed by atoms with van der Waals surface area (Å²) in [4.78, 5) is 22.2. The van der Waals surface area contributed by atoms with Crippen LogP contribution in [0.5, 0.6) is 5.88 Å². The van der Waals surface area contributed by atoms with Gasteiger partial charge in [0, 0.05) is 18.7 Å². The average molecular weight is 418 g/mol. The molecule has 29 heavy (non-hydrogen) atoms. The van der Waals surface area contributed by atoms with E-state index in [0.717, 1.165) is 23.5 Å². The number of carbonyl (C=O) groups is 1. The topological polar surface area (TPSA) is 97.1 Å². The number of amides is 1. The minimum atomic E-state index is -1.29. The van der Waals surface area contributed by atoms with Crippen LogP contribution in [0.2, 0.25) is 0 Å². The first-order valence-corrected chi connectivity index (χ1v) is 9.19. The maximum absolute atomic E-state index is 14.0. The zero-order chi connectivity index (χ0) is 21.1. The summed E-state index contributed by atoms with van der Waals surface area (Å²) in [6.45, 7) is 1.88. The Balaban J connectivity index is 1.98. The number of methoxy groups -OCH3 is 2. The molecule has 1 unspecified atom stereocenters. The first-order valence-electron chi connectivity index (χ1n) is 8.38. The first kappa shape index (κ1) is 20.6. The smallest absolute Gasteiger partial charge is 0.263 e. The molecule has 7 nitrogen and oxygen atoms in total. The van der Waals surface area contributed by atoms with Gasteiger partial charge in [-0.1, -0.05) is 6.07 Å². The van der Waals surface area contributed by atoms with Crippen LogP contribution in [0.1, 0.15) is 32.7 Å². The molecule has 3 aromatic rings. The number of rotatable bonds is 6. The monoisotopic (exact) mass is 418 g/mol. The predicted octanol–water partition coefficient (Wildman–Crippen LogP) is 3.43. The van der Waals surface area contributed by atoms with Crippen LogP contribution < -0.4 is 10.1 Å². The summed E-state index contributed by atoms with van der Waals surface area (Å²) in [5.41, 5.74) is 0.445. The van der Waals surface area contributed by atoms with E-state index < -0.39 is 23.6 Å². The zero-order valence-corrected chi connectivity index (χ0v) is 16.6. The summed E-state index contributed by atoms with van der Waals surface area (Å²) in [6.07, 6.45) is 0. The molecule has 1 aromatic carbocycles. The Labute approximate surface area is 168 Å². The van der Waals surface area contributed by atoms with Crippen molar-refractivity contribution >= 4 is 27.5 Å². The number of nitrogens with one attached hydrogen (secondary N) is 1. The molecule has 0 aliphatic carbocycles. The number of ether oxygens (including phenoxy) is 2. The number of benzene rings is 1. The number of aromatic nitrogens is 2. The molecule has 0 radical (unpaired) electrons. The molecule has 150 valence electrons. The van der Waals surface area contributed by atoms with Crippen molar-refractivity contribution in [3.63, 3.8) is 0 Å². The summed E-state index contributed by atoms with van der Waals surface area (Å²) >= 11 is 1.09. The number of carbonyl (C=O) groups excluding carboxylic acids is 1. The second kappa shape index (κ2) is 8.46. The second-order valence-electron chi connectivity index (χ2n) is 6.02. The molecular formula is C19H16F2N4O3S. The van der Waals surface area contributed by atoms with Crippen LogP contribution >= 0.6 is 11.3 Å². The van der Waals surface area contributed by atoms with Gasteiger partial charge in [0.05, 0.1) is 23.4 Å². The van der Waals surface area contributed by atoms with E-state index in [4.69, 9.17) is 9.47 Å². The number of aryl methyl sites for hydroxylation is 1. The van der Waals surface area contributed by atoms with Gasteiger partial charge in [-0.25, -0.2) is 13.8 Å². The molecule has 0 bridgehead atoms. The summed E-state index contributed by atoms with van der Waals surface area (Å²) < 4.78 is 37.5. The lowest BCUT2D eigenvalue weighted by atomic mass is 10.1. The van der Waals surface area contributed by atoms with Crippen LogP contribution in [0.4, 0.5) is 8.78 Å². The Kier molecular flexibility index (Phi) is 6.00. The Morgan fingerprint density at radius 2 is 2.10 bits per heavy atom. The van der Waals surface area contributed by atoms with Crippen LogP contribution in [0.15, 0.2) is 18.2 Å². The highest BCUT2D eigenvalue weighted by Crippen LogP contribution is 2.35. The number of fused-ring (bicyclic) bond motifs is 1. The van der Waals surface area contributed by atoms with E-state index in [1.807, 2.05) is 6.07 Å². The third-order valence-corrected chi connectivity index (χ3v) is 5.34. The molecule has 0 fully saturated rings. The summed E-state index contributed by atoms with van der Waals surface area (Å²) in [5, 5.41) is 12.4. The SMILES string of the molecule is COCc1nc(OC)c2c(C)c(C(=O)NC(C#N)c3ccc(F)cc3F)sc2n1. The molecule has 2 aromatic heterocycles. The van der Waals surface area contributed by atoms with Crippen LogP contribution in [0.25, 0.3) is 10.2 Å². The van der Waals surface area contributed by atoms with Crippen molar-refractivity contribution in [2.75, 3.05) is 14.2 Å². The standard InChI is InChI=1S/C19H16F2N4O3S/c1-9-15-18(28-3)24-14(8-27-2)25-19(15)29-16(9)17(26)23-13(7-22)11-5-4-10(20)6-12(11)21/h4-6,13H,8H2,1-3H3,(H,23,26). The lowest BCUT2D eigenvalue weighted by molar-refractivity contribution is 0.0948. The molecule has 0 saturated heterocycles. The highest BCUT2D eigenvalue weighted by Gasteiger charge is 2.24. The lowest BCUT2D eigenvalue weighted by Crippen LogP contribution is -2.28. The van der Waals surface area contributed by atoms with Crippen molar-refractivity contribution in [1.82, 2.24) is 15.3 Å². The van der Waals surface area contributed by atoms with E-state index in [1.165, 1.54) is 14.2 Å². The van der Waals surface area contributed by atoms with Crippen molar-refractivity contribution in [3.8, 4) is 11.9 Å². The van der Waals surface area contributed by atoms with Gasteiger partial charge in [0.15, 0.2) is 5.82 Å². The highest BCUT2D eigenvalue weighted by atomic mass is 32.1. The van der Waals surface area contributed by atoms with E-state index in [1.54, 1.807) is 6.92 Å². The van der Waals surface area contributed by atoms with Gasteiger partial charge in [0.1, 0.15) is 29.1 Å². The molecule has 3 rings (SSSR count). The highest BCUT2D eigenvalue weighted by molar-refractivity contribution is 7.20. The molecule has 0 aliphatic rings. The van der Waals surface area contributed by atoms with Crippen LogP contribution in [-0.2, 0) is 11.3 Å². The van der Waals surface area contributed by atoms with Crippen molar-refractivity contribution in [2.24, 2.45) is 0 Å². The molecule has 1 atom stereocenters. The van der Waals surface area contributed by atoms with Crippen LogP contribution in [-0.4, -0.2) is 30.1 Å². The van der Waals surface area contributed by atoms with Gasteiger partial charge in [0.2, 0.25) is 5.88 Å². The minimum absolute atomic E-state index is 0.124. The molecule has 10 heteroatoms. The van der Waals surface area contributed by atoms with Crippen molar-refractivity contribution < 1.29 is 23.0 Å². The van der Waals surface area contributed by atoms with Gasteiger partial charge in [0.25, 0.3) is 5.91 Å². The van der Waals surface area contributed by atoms with Crippen molar-refractivity contribution in [1.29, 1.82) is 5.26 Å². The second-order valence-corrected chi connectivity index (χ2v) is 7.02. The minimum Gasteiger partial charge on any atom is -0.480 e.